The molecule has 1 heterocycles. The lowest BCUT2D eigenvalue weighted by Gasteiger charge is -2.29. The molecule has 0 radical (unpaired) electrons. The minimum Gasteiger partial charge on any atom is -0.382 e. The van der Waals surface area contributed by atoms with E-state index in [4.69, 9.17) is 17.3 Å². The molecule has 0 unspecified atom stereocenters. The molecule has 0 atom stereocenters. The molecule has 2 N–H and O–H groups in total. The standard InChI is InChI=1S/C23H23ClFN3/c1-14-5-10-20(24)16(11-14)6-7-18-17(15-3-2-4-15)8-9-19(23(18)25)21-12-28-22(26)13-27-21/h5,8-13,15H,2-4,6-7H2,1H3,(H2,26,28). The van der Waals surface area contributed by atoms with Crippen LogP contribution in [0.3, 0.4) is 0 Å². The Hall–Kier alpha value is -2.46. The van der Waals surface area contributed by atoms with E-state index in [1.807, 2.05) is 25.1 Å². The highest BCUT2D eigenvalue weighted by molar-refractivity contribution is 6.31. The number of aromatic nitrogens is 2. The zero-order valence-electron chi connectivity index (χ0n) is 15.9. The van der Waals surface area contributed by atoms with E-state index >= 15 is 4.39 Å². The van der Waals surface area contributed by atoms with Gasteiger partial charge in [0.25, 0.3) is 0 Å². The quantitative estimate of drug-likeness (QED) is 0.586. The van der Waals surface area contributed by atoms with Crippen LogP contribution in [0.5, 0.6) is 0 Å². The van der Waals surface area contributed by atoms with Gasteiger partial charge in [-0.1, -0.05) is 41.8 Å². The summed E-state index contributed by atoms with van der Waals surface area (Å²) in [5.74, 6) is 0.570. The summed E-state index contributed by atoms with van der Waals surface area (Å²) in [5, 5.41) is 0.733. The number of nitrogens with two attached hydrogens (primary N) is 1. The first-order valence-electron chi connectivity index (χ1n) is 9.67. The molecule has 28 heavy (non-hydrogen) atoms. The van der Waals surface area contributed by atoms with Crippen LogP contribution in [0.1, 0.15) is 47.4 Å². The molecule has 1 aliphatic rings. The summed E-state index contributed by atoms with van der Waals surface area (Å²) < 4.78 is 15.6. The zero-order chi connectivity index (χ0) is 19.7. The first-order valence-corrected chi connectivity index (χ1v) is 10.0. The summed E-state index contributed by atoms with van der Waals surface area (Å²) in [5.41, 5.74) is 10.7. The fourth-order valence-corrected chi connectivity index (χ4v) is 4.03. The smallest absolute Gasteiger partial charge is 0.141 e. The molecule has 1 aliphatic carbocycles. The lowest BCUT2D eigenvalue weighted by Crippen LogP contribution is -2.14. The highest BCUT2D eigenvalue weighted by Gasteiger charge is 2.25. The summed E-state index contributed by atoms with van der Waals surface area (Å²) in [6.07, 6.45) is 7.75. The SMILES string of the molecule is Cc1ccc(Cl)c(CCc2c(C3CCC3)ccc(-c3cnc(N)cn3)c2F)c1. The van der Waals surface area contributed by atoms with Gasteiger partial charge in [0.15, 0.2) is 0 Å². The summed E-state index contributed by atoms with van der Waals surface area (Å²) >= 11 is 6.36. The highest BCUT2D eigenvalue weighted by Crippen LogP contribution is 2.40. The maximum atomic E-state index is 15.6. The molecule has 1 aromatic heterocycles. The predicted octanol–water partition coefficient (Wildman–Crippen LogP) is 5.88. The van der Waals surface area contributed by atoms with Crippen LogP contribution in [-0.4, -0.2) is 9.97 Å². The molecule has 2 aromatic carbocycles. The molecule has 0 amide bonds. The minimum atomic E-state index is -0.202. The van der Waals surface area contributed by atoms with Crippen LogP contribution in [0.15, 0.2) is 42.7 Å². The van der Waals surface area contributed by atoms with Crippen LogP contribution in [-0.2, 0) is 12.8 Å². The molecule has 3 aromatic rings. The van der Waals surface area contributed by atoms with Crippen LogP contribution in [0.4, 0.5) is 10.2 Å². The number of benzene rings is 2. The van der Waals surface area contributed by atoms with Gasteiger partial charge in [-0.25, -0.2) is 9.37 Å². The molecular weight excluding hydrogens is 373 g/mol. The van der Waals surface area contributed by atoms with Crippen LogP contribution >= 0.6 is 11.6 Å². The van der Waals surface area contributed by atoms with Gasteiger partial charge in [-0.3, -0.25) is 4.98 Å². The van der Waals surface area contributed by atoms with E-state index in [1.54, 1.807) is 0 Å². The third kappa shape index (κ3) is 3.74. The molecule has 1 saturated carbocycles. The monoisotopic (exact) mass is 395 g/mol. The second-order valence-electron chi connectivity index (χ2n) is 7.54. The molecule has 0 saturated heterocycles. The van der Waals surface area contributed by atoms with Crippen LogP contribution in [0.25, 0.3) is 11.3 Å². The van der Waals surface area contributed by atoms with E-state index in [9.17, 15) is 0 Å². The van der Waals surface area contributed by atoms with Gasteiger partial charge in [-0.05, 0) is 67.3 Å². The van der Waals surface area contributed by atoms with E-state index in [0.29, 0.717) is 35.8 Å². The summed E-state index contributed by atoms with van der Waals surface area (Å²) in [7, 11) is 0. The summed E-state index contributed by atoms with van der Waals surface area (Å²) in [4.78, 5) is 8.31. The van der Waals surface area contributed by atoms with Gasteiger partial charge in [0.05, 0.1) is 18.1 Å². The number of aryl methyl sites for hydroxylation is 2. The topological polar surface area (TPSA) is 51.8 Å². The van der Waals surface area contributed by atoms with Gasteiger partial charge in [0.2, 0.25) is 0 Å². The van der Waals surface area contributed by atoms with Crippen LogP contribution in [0, 0.1) is 12.7 Å². The van der Waals surface area contributed by atoms with Crippen LogP contribution in [0.2, 0.25) is 5.02 Å². The van der Waals surface area contributed by atoms with Crippen molar-refractivity contribution in [1.82, 2.24) is 9.97 Å². The molecule has 0 bridgehead atoms. The second-order valence-corrected chi connectivity index (χ2v) is 7.95. The number of nitrogens with zero attached hydrogens (tertiary/aromatic N) is 2. The van der Waals surface area contributed by atoms with Crippen molar-refractivity contribution in [1.29, 1.82) is 0 Å². The normalized spacial score (nSPS) is 14.1. The molecule has 1 fully saturated rings. The van der Waals surface area contributed by atoms with Crippen molar-refractivity contribution in [3.05, 3.63) is 75.8 Å². The van der Waals surface area contributed by atoms with Crippen molar-refractivity contribution in [2.24, 2.45) is 0 Å². The minimum absolute atomic E-state index is 0.202. The lowest BCUT2D eigenvalue weighted by atomic mass is 9.77. The number of rotatable bonds is 5. The van der Waals surface area contributed by atoms with Gasteiger partial charge in [0.1, 0.15) is 11.6 Å². The van der Waals surface area contributed by atoms with E-state index < -0.39 is 0 Å². The van der Waals surface area contributed by atoms with Gasteiger partial charge in [0, 0.05) is 10.6 Å². The van der Waals surface area contributed by atoms with Crippen molar-refractivity contribution in [3.63, 3.8) is 0 Å². The highest BCUT2D eigenvalue weighted by atomic mass is 35.5. The van der Waals surface area contributed by atoms with E-state index in [1.165, 1.54) is 18.8 Å². The average molecular weight is 396 g/mol. The number of nitrogen functional groups attached to an aromatic ring is 1. The Kier molecular flexibility index (Phi) is 5.31. The van der Waals surface area contributed by atoms with Crippen molar-refractivity contribution in [2.45, 2.75) is 44.9 Å². The lowest BCUT2D eigenvalue weighted by molar-refractivity contribution is 0.414. The Morgan fingerprint density at radius 1 is 1.11 bits per heavy atom. The molecule has 0 aliphatic heterocycles. The largest absolute Gasteiger partial charge is 0.382 e. The first kappa shape index (κ1) is 18.9. The van der Waals surface area contributed by atoms with E-state index in [-0.39, 0.29) is 5.82 Å². The second kappa shape index (κ2) is 7.88. The zero-order valence-corrected chi connectivity index (χ0v) is 16.6. The number of hydrogen-bond donors (Lipinski definition) is 1. The number of hydrogen-bond acceptors (Lipinski definition) is 3. The molecule has 5 heteroatoms. The van der Waals surface area contributed by atoms with Gasteiger partial charge in [-0.15, -0.1) is 0 Å². The van der Waals surface area contributed by atoms with Gasteiger partial charge >= 0.3 is 0 Å². The Morgan fingerprint density at radius 2 is 1.93 bits per heavy atom. The fraction of sp³-hybridized carbons (Fsp3) is 0.304. The third-order valence-corrected chi connectivity index (χ3v) is 5.99. The van der Waals surface area contributed by atoms with Gasteiger partial charge in [-0.2, -0.15) is 0 Å². The Balaban J connectivity index is 1.71. The van der Waals surface area contributed by atoms with Crippen molar-refractivity contribution < 1.29 is 4.39 Å². The molecular formula is C23H23ClFN3. The van der Waals surface area contributed by atoms with E-state index in [0.717, 1.165) is 40.1 Å². The first-order chi connectivity index (χ1) is 13.5. The van der Waals surface area contributed by atoms with Crippen LogP contribution < -0.4 is 5.73 Å². The number of anilines is 1. The van der Waals surface area contributed by atoms with E-state index in [2.05, 4.69) is 22.1 Å². The number of halogens is 2. The molecule has 0 spiro atoms. The predicted molar refractivity (Wildman–Crippen MR) is 112 cm³/mol. The molecule has 144 valence electrons. The summed E-state index contributed by atoms with van der Waals surface area (Å²) in [6, 6.07) is 9.88. The average Bonchev–Trinajstić information content (AvgIpc) is 2.63. The maximum Gasteiger partial charge on any atom is 0.141 e. The Labute approximate surface area is 169 Å². The third-order valence-electron chi connectivity index (χ3n) is 5.62. The Bertz CT molecular complexity index is 997. The van der Waals surface area contributed by atoms with Crippen molar-refractivity contribution >= 4 is 17.4 Å². The maximum absolute atomic E-state index is 15.6. The van der Waals surface area contributed by atoms with Crippen molar-refractivity contribution in [2.75, 3.05) is 5.73 Å². The Morgan fingerprint density at radius 3 is 2.61 bits per heavy atom. The molecule has 4 rings (SSSR count). The van der Waals surface area contributed by atoms with Crippen molar-refractivity contribution in [3.8, 4) is 11.3 Å². The fourth-order valence-electron chi connectivity index (χ4n) is 3.82. The molecule has 3 nitrogen and oxygen atoms in total. The summed E-state index contributed by atoms with van der Waals surface area (Å²) in [6.45, 7) is 2.04. The van der Waals surface area contributed by atoms with Gasteiger partial charge < -0.3 is 5.73 Å².